The van der Waals surface area contributed by atoms with Crippen LogP contribution in [0.15, 0.2) is 18.2 Å². The van der Waals surface area contributed by atoms with Gasteiger partial charge in [0.25, 0.3) is 0 Å². The normalized spacial score (nSPS) is 19.4. The largest absolute Gasteiger partial charge is 0.313 e. The summed E-state index contributed by atoms with van der Waals surface area (Å²) in [5.41, 5.74) is 4.53. The van der Waals surface area contributed by atoms with Crippen molar-refractivity contribution in [2.45, 2.75) is 25.8 Å². The molecule has 1 unspecified atom stereocenters. The van der Waals surface area contributed by atoms with Crippen molar-refractivity contribution in [1.29, 1.82) is 0 Å². The summed E-state index contributed by atoms with van der Waals surface area (Å²) in [5.74, 6) is 0. The SMILES string of the molecule is CNC1CCc2c(C)cccc21.Cl. The molecule has 0 heterocycles. The molecule has 1 atom stereocenters. The minimum Gasteiger partial charge on any atom is -0.313 e. The lowest BCUT2D eigenvalue weighted by Crippen LogP contribution is -2.12. The zero-order valence-electron chi connectivity index (χ0n) is 8.13. The van der Waals surface area contributed by atoms with Crippen LogP contribution in [0.2, 0.25) is 0 Å². The minimum absolute atomic E-state index is 0. The Bertz CT molecular complexity index is 296. The predicted octanol–water partition coefficient (Wildman–Crippen LogP) is 2.62. The quantitative estimate of drug-likeness (QED) is 0.730. The zero-order chi connectivity index (χ0) is 8.55. The van der Waals surface area contributed by atoms with Crippen molar-refractivity contribution in [3.8, 4) is 0 Å². The fourth-order valence-electron chi connectivity index (χ4n) is 2.14. The zero-order valence-corrected chi connectivity index (χ0v) is 8.95. The van der Waals surface area contributed by atoms with Crippen LogP contribution >= 0.6 is 12.4 Å². The summed E-state index contributed by atoms with van der Waals surface area (Å²) < 4.78 is 0. The molecule has 72 valence electrons. The van der Waals surface area contributed by atoms with Crippen LogP contribution in [0.5, 0.6) is 0 Å². The van der Waals surface area contributed by atoms with Gasteiger partial charge in [0.2, 0.25) is 0 Å². The van der Waals surface area contributed by atoms with Crippen molar-refractivity contribution in [2.75, 3.05) is 7.05 Å². The van der Waals surface area contributed by atoms with Gasteiger partial charge in [-0.3, -0.25) is 0 Å². The summed E-state index contributed by atoms with van der Waals surface area (Å²) in [6.45, 7) is 2.21. The first-order chi connectivity index (χ1) is 5.83. The number of rotatable bonds is 1. The van der Waals surface area contributed by atoms with E-state index in [0.717, 1.165) is 0 Å². The van der Waals surface area contributed by atoms with Crippen LogP contribution in [0, 0.1) is 6.92 Å². The molecule has 2 rings (SSSR count). The Balaban J connectivity index is 0.000000845. The third-order valence-corrected chi connectivity index (χ3v) is 2.85. The van der Waals surface area contributed by atoms with Crippen molar-refractivity contribution < 1.29 is 0 Å². The highest BCUT2D eigenvalue weighted by Gasteiger charge is 2.21. The van der Waals surface area contributed by atoms with Gasteiger partial charge in [0.05, 0.1) is 0 Å². The average molecular weight is 198 g/mol. The van der Waals surface area contributed by atoms with Gasteiger partial charge in [0.1, 0.15) is 0 Å². The molecule has 1 aromatic rings. The molecule has 0 aromatic heterocycles. The number of nitrogens with one attached hydrogen (secondary N) is 1. The van der Waals surface area contributed by atoms with Crippen LogP contribution in [0.3, 0.4) is 0 Å². The van der Waals surface area contributed by atoms with Gasteiger partial charge in [-0.05, 0) is 43.5 Å². The lowest BCUT2D eigenvalue weighted by Gasteiger charge is -2.09. The third-order valence-electron chi connectivity index (χ3n) is 2.85. The second-order valence-electron chi connectivity index (χ2n) is 3.52. The van der Waals surface area contributed by atoms with Crippen molar-refractivity contribution in [3.05, 3.63) is 34.9 Å². The molecule has 0 spiro atoms. The summed E-state index contributed by atoms with van der Waals surface area (Å²) in [7, 11) is 2.04. The van der Waals surface area contributed by atoms with Crippen LogP contribution < -0.4 is 5.32 Å². The minimum atomic E-state index is 0. The number of fused-ring (bicyclic) bond motifs is 1. The molecular weight excluding hydrogens is 182 g/mol. The number of aryl methyl sites for hydroxylation is 1. The van der Waals surface area contributed by atoms with E-state index in [-0.39, 0.29) is 12.4 Å². The first-order valence-corrected chi connectivity index (χ1v) is 4.58. The van der Waals surface area contributed by atoms with E-state index in [1.54, 1.807) is 5.56 Å². The fourth-order valence-corrected chi connectivity index (χ4v) is 2.14. The summed E-state index contributed by atoms with van der Waals surface area (Å²) in [5, 5.41) is 3.35. The van der Waals surface area contributed by atoms with Gasteiger partial charge >= 0.3 is 0 Å². The molecule has 0 bridgehead atoms. The highest BCUT2D eigenvalue weighted by molar-refractivity contribution is 5.85. The lowest BCUT2D eigenvalue weighted by molar-refractivity contribution is 0.590. The maximum Gasteiger partial charge on any atom is 0.0323 e. The van der Waals surface area contributed by atoms with Crippen LogP contribution in [-0.4, -0.2) is 7.05 Å². The molecule has 0 aliphatic heterocycles. The molecule has 1 aromatic carbocycles. The number of hydrogen-bond acceptors (Lipinski definition) is 1. The Morgan fingerprint density at radius 3 is 2.85 bits per heavy atom. The van der Waals surface area contributed by atoms with Gasteiger partial charge in [0, 0.05) is 6.04 Å². The van der Waals surface area contributed by atoms with Crippen molar-refractivity contribution in [2.24, 2.45) is 0 Å². The van der Waals surface area contributed by atoms with Gasteiger partial charge in [-0.15, -0.1) is 12.4 Å². The first-order valence-electron chi connectivity index (χ1n) is 4.58. The van der Waals surface area contributed by atoms with Gasteiger partial charge in [0.15, 0.2) is 0 Å². The van der Waals surface area contributed by atoms with Gasteiger partial charge < -0.3 is 5.32 Å². The Kier molecular flexibility index (Phi) is 3.34. The highest BCUT2D eigenvalue weighted by Crippen LogP contribution is 2.32. The van der Waals surface area contributed by atoms with Gasteiger partial charge in [-0.25, -0.2) is 0 Å². The second kappa shape index (κ2) is 4.12. The maximum atomic E-state index is 3.35. The van der Waals surface area contributed by atoms with Gasteiger partial charge in [-0.1, -0.05) is 18.2 Å². The molecule has 1 nitrogen and oxygen atoms in total. The van der Waals surface area contributed by atoms with Crippen LogP contribution in [-0.2, 0) is 6.42 Å². The van der Waals surface area contributed by atoms with E-state index < -0.39 is 0 Å². The molecular formula is C11H16ClN. The highest BCUT2D eigenvalue weighted by atomic mass is 35.5. The van der Waals surface area contributed by atoms with E-state index in [1.807, 2.05) is 7.05 Å². The second-order valence-corrected chi connectivity index (χ2v) is 3.52. The first kappa shape index (κ1) is 10.6. The van der Waals surface area contributed by atoms with E-state index in [9.17, 15) is 0 Å². The molecule has 1 aliphatic rings. The third kappa shape index (κ3) is 1.72. The van der Waals surface area contributed by atoms with Crippen molar-refractivity contribution in [3.63, 3.8) is 0 Å². The Morgan fingerprint density at radius 1 is 1.38 bits per heavy atom. The smallest absolute Gasteiger partial charge is 0.0323 e. The summed E-state index contributed by atoms with van der Waals surface area (Å²) in [6.07, 6.45) is 2.50. The average Bonchev–Trinajstić information content (AvgIpc) is 2.49. The molecule has 1 aliphatic carbocycles. The van der Waals surface area contributed by atoms with Crippen LogP contribution in [0.1, 0.15) is 29.2 Å². The van der Waals surface area contributed by atoms with E-state index in [0.29, 0.717) is 6.04 Å². The molecule has 1 N–H and O–H groups in total. The molecule has 0 saturated carbocycles. The number of hydrogen-bond donors (Lipinski definition) is 1. The van der Waals surface area contributed by atoms with Crippen LogP contribution in [0.4, 0.5) is 0 Å². The Morgan fingerprint density at radius 2 is 2.15 bits per heavy atom. The molecule has 0 fully saturated rings. The summed E-state index contributed by atoms with van der Waals surface area (Å²) >= 11 is 0. The predicted molar refractivity (Wildman–Crippen MR) is 58.5 cm³/mol. The van der Waals surface area contributed by atoms with E-state index in [2.05, 4.69) is 30.4 Å². The molecule has 13 heavy (non-hydrogen) atoms. The van der Waals surface area contributed by atoms with Gasteiger partial charge in [-0.2, -0.15) is 0 Å². The van der Waals surface area contributed by atoms with E-state index in [1.165, 1.54) is 24.0 Å². The van der Waals surface area contributed by atoms with Crippen molar-refractivity contribution >= 4 is 12.4 Å². The number of benzene rings is 1. The van der Waals surface area contributed by atoms with Crippen molar-refractivity contribution in [1.82, 2.24) is 5.32 Å². The maximum absolute atomic E-state index is 3.35. The molecule has 0 radical (unpaired) electrons. The Labute approximate surface area is 86.0 Å². The fraction of sp³-hybridized carbons (Fsp3) is 0.455. The summed E-state index contributed by atoms with van der Waals surface area (Å²) in [6, 6.07) is 7.21. The lowest BCUT2D eigenvalue weighted by atomic mass is 10.0. The van der Waals surface area contributed by atoms with Crippen LogP contribution in [0.25, 0.3) is 0 Å². The summed E-state index contributed by atoms with van der Waals surface area (Å²) in [4.78, 5) is 0. The standard InChI is InChI=1S/C11H15N.ClH/c1-8-4-3-5-10-9(8)6-7-11(10)12-2;/h3-5,11-12H,6-7H2,1-2H3;1H. The van der Waals surface area contributed by atoms with E-state index >= 15 is 0 Å². The number of halogens is 1. The molecule has 2 heteroatoms. The molecule has 0 amide bonds. The Hall–Kier alpha value is -0.530. The molecule has 0 saturated heterocycles. The van der Waals surface area contributed by atoms with E-state index in [4.69, 9.17) is 0 Å². The topological polar surface area (TPSA) is 12.0 Å². The monoisotopic (exact) mass is 197 g/mol.